The van der Waals surface area contributed by atoms with Gasteiger partial charge in [0.15, 0.2) is 0 Å². The minimum absolute atomic E-state index is 0.148. The Morgan fingerprint density at radius 3 is 2.57 bits per heavy atom. The topological polar surface area (TPSA) is 63.8 Å². The minimum Gasteiger partial charge on any atom is -0.389 e. The van der Waals surface area contributed by atoms with Gasteiger partial charge in [-0.1, -0.05) is 36.4 Å². The molecule has 0 amide bonds. The Morgan fingerprint density at radius 2 is 1.86 bits per heavy atom. The lowest BCUT2D eigenvalue weighted by molar-refractivity contribution is 0.193. The van der Waals surface area contributed by atoms with Crippen LogP contribution in [0.5, 0.6) is 0 Å². The predicted octanol–water partition coefficient (Wildman–Crippen LogP) is 2.52. The molecular formula is C15H13FN4O. The second kappa shape index (κ2) is 5.41. The standard InChI is InChI=1S/C15H13FN4O/c1-10(21)14-12(16)8-5-9-13(14)20-18-15(17-19-20)11-6-3-2-4-7-11/h2-10,21H,1H3/t10-/m0/s1. The number of hydrogen-bond donors (Lipinski definition) is 1. The zero-order valence-electron chi connectivity index (χ0n) is 11.3. The molecule has 0 aliphatic carbocycles. The van der Waals surface area contributed by atoms with Crippen molar-refractivity contribution in [3.8, 4) is 17.1 Å². The van der Waals surface area contributed by atoms with Gasteiger partial charge in [-0.15, -0.1) is 15.0 Å². The number of tetrazole rings is 1. The van der Waals surface area contributed by atoms with E-state index in [4.69, 9.17) is 0 Å². The van der Waals surface area contributed by atoms with E-state index in [9.17, 15) is 9.50 Å². The van der Waals surface area contributed by atoms with Crippen LogP contribution in [-0.4, -0.2) is 25.3 Å². The van der Waals surface area contributed by atoms with Crippen LogP contribution in [0.15, 0.2) is 48.5 Å². The van der Waals surface area contributed by atoms with Gasteiger partial charge in [-0.2, -0.15) is 0 Å². The van der Waals surface area contributed by atoms with E-state index in [0.29, 0.717) is 11.5 Å². The first-order chi connectivity index (χ1) is 10.2. The van der Waals surface area contributed by atoms with E-state index in [1.807, 2.05) is 30.3 Å². The summed E-state index contributed by atoms with van der Waals surface area (Å²) in [6.45, 7) is 1.50. The maximum Gasteiger partial charge on any atom is 0.205 e. The van der Waals surface area contributed by atoms with E-state index in [2.05, 4.69) is 15.4 Å². The molecule has 1 N–H and O–H groups in total. The molecule has 0 aliphatic rings. The minimum atomic E-state index is -0.965. The van der Waals surface area contributed by atoms with E-state index in [0.717, 1.165) is 5.56 Å². The van der Waals surface area contributed by atoms with Crippen LogP contribution >= 0.6 is 0 Å². The van der Waals surface area contributed by atoms with E-state index in [1.54, 1.807) is 12.1 Å². The Bertz CT molecular complexity index is 755. The molecule has 0 radical (unpaired) electrons. The first-order valence-electron chi connectivity index (χ1n) is 6.49. The molecule has 0 fully saturated rings. The van der Waals surface area contributed by atoms with Crippen LogP contribution in [0.3, 0.4) is 0 Å². The van der Waals surface area contributed by atoms with Crippen LogP contribution in [0.2, 0.25) is 0 Å². The average Bonchev–Trinajstić information content (AvgIpc) is 2.97. The summed E-state index contributed by atoms with van der Waals surface area (Å²) in [4.78, 5) is 1.23. The lowest BCUT2D eigenvalue weighted by Crippen LogP contribution is -2.08. The number of nitrogens with zero attached hydrogens (tertiary/aromatic N) is 4. The van der Waals surface area contributed by atoms with E-state index in [-0.39, 0.29) is 5.56 Å². The van der Waals surface area contributed by atoms with Crippen molar-refractivity contribution < 1.29 is 9.50 Å². The molecule has 0 saturated heterocycles. The van der Waals surface area contributed by atoms with Crippen molar-refractivity contribution >= 4 is 0 Å². The summed E-state index contributed by atoms with van der Waals surface area (Å²) in [6.07, 6.45) is -0.965. The fraction of sp³-hybridized carbons (Fsp3) is 0.133. The van der Waals surface area contributed by atoms with Crippen molar-refractivity contribution in [3.63, 3.8) is 0 Å². The quantitative estimate of drug-likeness (QED) is 0.802. The second-order valence-electron chi connectivity index (χ2n) is 4.62. The van der Waals surface area contributed by atoms with Gasteiger partial charge < -0.3 is 5.11 Å². The molecule has 2 aromatic carbocycles. The summed E-state index contributed by atoms with van der Waals surface area (Å²) in [5.41, 5.74) is 1.34. The normalized spacial score (nSPS) is 12.3. The van der Waals surface area contributed by atoms with Crippen molar-refractivity contribution in [2.45, 2.75) is 13.0 Å². The van der Waals surface area contributed by atoms with Crippen LogP contribution in [0.1, 0.15) is 18.6 Å². The van der Waals surface area contributed by atoms with Gasteiger partial charge in [0, 0.05) is 11.1 Å². The third-order valence-electron chi connectivity index (χ3n) is 3.11. The summed E-state index contributed by atoms with van der Waals surface area (Å²) in [7, 11) is 0. The zero-order valence-corrected chi connectivity index (χ0v) is 11.3. The molecule has 5 nitrogen and oxygen atoms in total. The van der Waals surface area contributed by atoms with Gasteiger partial charge in [0.05, 0.1) is 11.8 Å². The van der Waals surface area contributed by atoms with Gasteiger partial charge in [-0.3, -0.25) is 0 Å². The lowest BCUT2D eigenvalue weighted by atomic mass is 10.1. The Balaban J connectivity index is 2.07. The van der Waals surface area contributed by atoms with E-state index >= 15 is 0 Å². The smallest absolute Gasteiger partial charge is 0.205 e. The molecule has 3 aromatic rings. The number of hydrogen-bond acceptors (Lipinski definition) is 4. The van der Waals surface area contributed by atoms with Crippen LogP contribution in [0.25, 0.3) is 17.1 Å². The molecule has 21 heavy (non-hydrogen) atoms. The molecule has 1 aromatic heterocycles. The molecule has 0 unspecified atom stereocenters. The Labute approximate surface area is 120 Å². The molecule has 3 rings (SSSR count). The van der Waals surface area contributed by atoms with Crippen molar-refractivity contribution in [2.24, 2.45) is 0 Å². The monoisotopic (exact) mass is 284 g/mol. The third kappa shape index (κ3) is 2.53. The molecule has 106 valence electrons. The Morgan fingerprint density at radius 1 is 1.10 bits per heavy atom. The highest BCUT2D eigenvalue weighted by Gasteiger charge is 2.17. The van der Waals surface area contributed by atoms with Crippen molar-refractivity contribution in [1.29, 1.82) is 0 Å². The maximum absolute atomic E-state index is 13.9. The highest BCUT2D eigenvalue weighted by Crippen LogP contribution is 2.24. The van der Waals surface area contributed by atoms with E-state index in [1.165, 1.54) is 17.8 Å². The average molecular weight is 284 g/mol. The maximum atomic E-state index is 13.9. The Hall–Kier alpha value is -2.60. The molecule has 0 spiro atoms. The van der Waals surface area contributed by atoms with Crippen LogP contribution < -0.4 is 0 Å². The summed E-state index contributed by atoms with van der Waals surface area (Å²) >= 11 is 0. The van der Waals surface area contributed by atoms with Gasteiger partial charge in [0.1, 0.15) is 5.82 Å². The highest BCUT2D eigenvalue weighted by atomic mass is 19.1. The number of rotatable bonds is 3. The third-order valence-corrected chi connectivity index (χ3v) is 3.11. The second-order valence-corrected chi connectivity index (χ2v) is 4.62. The van der Waals surface area contributed by atoms with Gasteiger partial charge in [0.2, 0.25) is 5.82 Å². The van der Waals surface area contributed by atoms with Crippen molar-refractivity contribution in [1.82, 2.24) is 20.2 Å². The number of aliphatic hydroxyl groups is 1. The number of aromatic nitrogens is 4. The summed E-state index contributed by atoms with van der Waals surface area (Å²) in [5.74, 6) is -0.0579. The van der Waals surface area contributed by atoms with Gasteiger partial charge >= 0.3 is 0 Å². The highest BCUT2D eigenvalue weighted by molar-refractivity contribution is 5.53. The summed E-state index contributed by atoms with van der Waals surface area (Å²) < 4.78 is 13.9. The van der Waals surface area contributed by atoms with Crippen molar-refractivity contribution in [2.75, 3.05) is 0 Å². The molecule has 0 aliphatic heterocycles. The fourth-order valence-corrected chi connectivity index (χ4v) is 2.13. The van der Waals surface area contributed by atoms with Crippen LogP contribution in [0.4, 0.5) is 4.39 Å². The molecular weight excluding hydrogens is 271 g/mol. The Kier molecular flexibility index (Phi) is 3.45. The van der Waals surface area contributed by atoms with Gasteiger partial charge in [-0.05, 0) is 24.3 Å². The van der Waals surface area contributed by atoms with Gasteiger partial charge in [0.25, 0.3) is 0 Å². The summed E-state index contributed by atoms with van der Waals surface area (Å²) in [5, 5.41) is 21.9. The fourth-order valence-electron chi connectivity index (χ4n) is 2.13. The van der Waals surface area contributed by atoms with E-state index < -0.39 is 11.9 Å². The molecule has 0 saturated carbocycles. The number of aliphatic hydroxyl groups excluding tert-OH is 1. The molecule has 1 atom stereocenters. The predicted molar refractivity (Wildman–Crippen MR) is 75.2 cm³/mol. The SMILES string of the molecule is C[C@H](O)c1c(F)cccc1-n1nnc(-c2ccccc2)n1. The van der Waals surface area contributed by atoms with Crippen molar-refractivity contribution in [3.05, 3.63) is 59.9 Å². The number of benzene rings is 2. The number of halogens is 1. The lowest BCUT2D eigenvalue weighted by Gasteiger charge is -2.11. The van der Waals surface area contributed by atoms with Crippen LogP contribution in [0, 0.1) is 5.82 Å². The molecule has 1 heterocycles. The van der Waals surface area contributed by atoms with Gasteiger partial charge in [-0.25, -0.2) is 4.39 Å². The first-order valence-corrected chi connectivity index (χ1v) is 6.49. The zero-order chi connectivity index (χ0) is 14.8. The molecule has 0 bridgehead atoms. The van der Waals surface area contributed by atoms with Crippen LogP contribution in [-0.2, 0) is 0 Å². The summed E-state index contributed by atoms with van der Waals surface area (Å²) in [6, 6.07) is 13.8. The molecule has 6 heteroatoms. The first kappa shape index (κ1) is 13.4. The largest absolute Gasteiger partial charge is 0.389 e.